The third kappa shape index (κ3) is 4.05. The molecule has 3 heterocycles. The number of aromatic nitrogens is 2. The molecule has 0 aliphatic carbocycles. The number of carbonyl (C=O) groups is 2. The van der Waals surface area contributed by atoms with Crippen LogP contribution in [0.1, 0.15) is 43.0 Å². The number of hydrogen-bond donors (Lipinski definition) is 0. The molecule has 1 fully saturated rings. The van der Waals surface area contributed by atoms with Gasteiger partial charge in [-0.3, -0.25) is 19.0 Å². The molecule has 0 unspecified atom stereocenters. The number of aryl methyl sites for hydroxylation is 2. The van der Waals surface area contributed by atoms with E-state index in [0.717, 1.165) is 36.1 Å². The largest absolute Gasteiger partial charge is 0.454 e. The van der Waals surface area contributed by atoms with Crippen LogP contribution in [0.25, 0.3) is 10.2 Å². The highest BCUT2D eigenvalue weighted by molar-refractivity contribution is 7.18. The molecular weight excluding hydrogens is 366 g/mol. The van der Waals surface area contributed by atoms with Crippen molar-refractivity contribution >= 4 is 33.4 Å². The second-order valence-electron chi connectivity index (χ2n) is 6.95. The maximum Gasteiger partial charge on any atom is 0.326 e. The molecule has 0 aromatic carbocycles. The topological polar surface area (TPSA) is 81.5 Å². The van der Waals surface area contributed by atoms with E-state index in [0.29, 0.717) is 16.8 Å². The fourth-order valence-corrected chi connectivity index (χ4v) is 4.53. The molecule has 146 valence electrons. The quantitative estimate of drug-likeness (QED) is 0.731. The molecule has 0 bridgehead atoms. The molecule has 1 aliphatic rings. The van der Waals surface area contributed by atoms with Crippen LogP contribution < -0.4 is 5.56 Å². The molecular formula is C19H25N3O4S. The fraction of sp³-hybridized carbons (Fsp3) is 0.579. The van der Waals surface area contributed by atoms with Gasteiger partial charge in [0, 0.05) is 17.5 Å². The lowest BCUT2D eigenvalue weighted by molar-refractivity contribution is -0.154. The van der Waals surface area contributed by atoms with Crippen molar-refractivity contribution in [1.82, 2.24) is 14.5 Å². The highest BCUT2D eigenvalue weighted by Crippen LogP contribution is 2.25. The monoisotopic (exact) mass is 391 g/mol. The first-order valence-electron chi connectivity index (χ1n) is 9.32. The molecule has 0 N–H and O–H groups in total. The normalized spacial score (nSPS) is 17.3. The Hall–Kier alpha value is -2.22. The standard InChI is InChI=1S/C19H25N3O4S/c1-4-14-7-5-6-8-22(14)15(23)10-26-16(24)9-21-11-20-18-17(19(21)25)12(2)13(3)27-18/h11,14H,4-10H2,1-3H3/t14-/m1/s1. The minimum atomic E-state index is -0.610. The SMILES string of the molecule is CC[C@@H]1CCCCN1C(=O)COC(=O)Cn1cnc2sc(C)c(C)c2c1=O. The molecule has 1 amide bonds. The van der Waals surface area contributed by atoms with Crippen LogP contribution in [0.15, 0.2) is 11.1 Å². The molecule has 27 heavy (non-hydrogen) atoms. The number of hydrogen-bond acceptors (Lipinski definition) is 6. The number of piperidine rings is 1. The summed E-state index contributed by atoms with van der Waals surface area (Å²) in [5, 5.41) is 0.544. The van der Waals surface area contributed by atoms with Gasteiger partial charge in [-0.05, 0) is 45.1 Å². The van der Waals surface area contributed by atoms with E-state index in [9.17, 15) is 14.4 Å². The molecule has 1 saturated heterocycles. The van der Waals surface area contributed by atoms with Gasteiger partial charge in [0.05, 0.1) is 11.7 Å². The number of likely N-dealkylation sites (tertiary alicyclic amines) is 1. The number of fused-ring (bicyclic) bond motifs is 1. The Morgan fingerprint density at radius 3 is 2.85 bits per heavy atom. The molecule has 0 spiro atoms. The van der Waals surface area contributed by atoms with Gasteiger partial charge >= 0.3 is 5.97 Å². The Kier molecular flexibility index (Phi) is 5.94. The number of esters is 1. The molecule has 3 rings (SSSR count). The second kappa shape index (κ2) is 8.21. The summed E-state index contributed by atoms with van der Waals surface area (Å²) in [7, 11) is 0. The Labute approximate surface area is 161 Å². The van der Waals surface area contributed by atoms with Crippen LogP contribution in [0.5, 0.6) is 0 Å². The van der Waals surface area contributed by atoms with Gasteiger partial charge in [0.25, 0.3) is 11.5 Å². The molecule has 7 nitrogen and oxygen atoms in total. The lowest BCUT2D eigenvalue weighted by Crippen LogP contribution is -2.45. The summed E-state index contributed by atoms with van der Waals surface area (Å²) in [4.78, 5) is 44.9. The molecule has 0 radical (unpaired) electrons. The van der Waals surface area contributed by atoms with E-state index >= 15 is 0 Å². The summed E-state index contributed by atoms with van der Waals surface area (Å²) in [5.41, 5.74) is 0.633. The van der Waals surface area contributed by atoms with Gasteiger partial charge in [-0.25, -0.2) is 4.98 Å². The lowest BCUT2D eigenvalue weighted by atomic mass is 10.00. The Bertz CT molecular complexity index is 918. The van der Waals surface area contributed by atoms with Crippen molar-refractivity contribution in [2.45, 2.75) is 59.0 Å². The van der Waals surface area contributed by atoms with Gasteiger partial charge in [-0.2, -0.15) is 0 Å². The first-order chi connectivity index (χ1) is 12.9. The fourth-order valence-electron chi connectivity index (χ4n) is 3.55. The molecule has 8 heteroatoms. The second-order valence-corrected chi connectivity index (χ2v) is 8.15. The molecule has 0 saturated carbocycles. The summed E-state index contributed by atoms with van der Waals surface area (Å²) in [5.74, 6) is -0.776. The molecule has 1 atom stereocenters. The Morgan fingerprint density at radius 1 is 1.33 bits per heavy atom. The number of thiophene rings is 1. The van der Waals surface area contributed by atoms with Crippen molar-refractivity contribution in [1.29, 1.82) is 0 Å². The van der Waals surface area contributed by atoms with Gasteiger partial charge in [0.15, 0.2) is 6.61 Å². The van der Waals surface area contributed by atoms with Crippen molar-refractivity contribution in [3.63, 3.8) is 0 Å². The smallest absolute Gasteiger partial charge is 0.326 e. The van der Waals surface area contributed by atoms with E-state index in [1.165, 1.54) is 22.2 Å². The number of ether oxygens (including phenoxy) is 1. The average molecular weight is 391 g/mol. The van der Waals surface area contributed by atoms with Crippen molar-refractivity contribution < 1.29 is 14.3 Å². The minimum absolute atomic E-state index is 0.167. The summed E-state index contributed by atoms with van der Waals surface area (Å²) >= 11 is 1.46. The number of carbonyl (C=O) groups excluding carboxylic acids is 2. The Morgan fingerprint density at radius 2 is 2.11 bits per heavy atom. The number of amides is 1. The first kappa shape index (κ1) is 19.5. The third-order valence-electron chi connectivity index (χ3n) is 5.23. The lowest BCUT2D eigenvalue weighted by Gasteiger charge is -2.35. The summed E-state index contributed by atoms with van der Waals surface area (Å²) < 4.78 is 6.38. The predicted molar refractivity (Wildman–Crippen MR) is 104 cm³/mol. The van der Waals surface area contributed by atoms with Gasteiger partial charge in [-0.1, -0.05) is 6.92 Å². The first-order valence-corrected chi connectivity index (χ1v) is 10.1. The van der Waals surface area contributed by atoms with E-state index in [1.54, 1.807) is 0 Å². The highest BCUT2D eigenvalue weighted by atomic mass is 32.1. The van der Waals surface area contributed by atoms with Crippen LogP contribution in [0.2, 0.25) is 0 Å². The maximum atomic E-state index is 12.6. The summed E-state index contributed by atoms with van der Waals surface area (Å²) in [6.45, 7) is 6.06. The van der Waals surface area contributed by atoms with Crippen molar-refractivity contribution in [2.24, 2.45) is 0 Å². The molecule has 1 aliphatic heterocycles. The summed E-state index contributed by atoms with van der Waals surface area (Å²) in [6, 6.07) is 0.226. The van der Waals surface area contributed by atoms with Crippen molar-refractivity contribution in [3.8, 4) is 0 Å². The summed E-state index contributed by atoms with van der Waals surface area (Å²) in [6.07, 6.45) is 5.37. The van der Waals surface area contributed by atoms with Crippen LogP contribution in [-0.2, 0) is 20.9 Å². The third-order valence-corrected chi connectivity index (χ3v) is 6.35. The van der Waals surface area contributed by atoms with Crippen LogP contribution in [-0.4, -0.2) is 45.5 Å². The Balaban J connectivity index is 1.63. The number of rotatable bonds is 5. The van der Waals surface area contributed by atoms with E-state index in [1.807, 2.05) is 18.7 Å². The zero-order valence-electron chi connectivity index (χ0n) is 16.0. The van der Waals surface area contributed by atoms with Crippen LogP contribution in [0, 0.1) is 13.8 Å². The van der Waals surface area contributed by atoms with E-state index < -0.39 is 5.97 Å². The van der Waals surface area contributed by atoms with Gasteiger partial charge in [0.2, 0.25) is 0 Å². The van der Waals surface area contributed by atoms with Gasteiger partial charge in [-0.15, -0.1) is 11.3 Å². The van der Waals surface area contributed by atoms with Crippen LogP contribution in [0.4, 0.5) is 0 Å². The van der Waals surface area contributed by atoms with Crippen molar-refractivity contribution in [2.75, 3.05) is 13.2 Å². The van der Waals surface area contributed by atoms with E-state index in [2.05, 4.69) is 11.9 Å². The van der Waals surface area contributed by atoms with Gasteiger partial charge < -0.3 is 9.64 Å². The van der Waals surface area contributed by atoms with E-state index in [-0.39, 0.29) is 30.7 Å². The predicted octanol–water partition coefficient (Wildman–Crippen LogP) is 2.41. The zero-order valence-corrected chi connectivity index (χ0v) is 16.8. The van der Waals surface area contributed by atoms with Crippen molar-refractivity contribution in [3.05, 3.63) is 27.1 Å². The van der Waals surface area contributed by atoms with Gasteiger partial charge in [0.1, 0.15) is 11.4 Å². The van der Waals surface area contributed by atoms with Crippen LogP contribution >= 0.6 is 11.3 Å². The zero-order chi connectivity index (χ0) is 19.6. The highest BCUT2D eigenvalue weighted by Gasteiger charge is 2.26. The number of nitrogens with zero attached hydrogens (tertiary/aromatic N) is 3. The van der Waals surface area contributed by atoms with Crippen LogP contribution in [0.3, 0.4) is 0 Å². The average Bonchev–Trinajstić information content (AvgIpc) is 2.96. The molecule has 2 aromatic heterocycles. The molecule has 2 aromatic rings. The van der Waals surface area contributed by atoms with E-state index in [4.69, 9.17) is 4.74 Å². The maximum absolute atomic E-state index is 12.6. The minimum Gasteiger partial charge on any atom is -0.454 e.